The second kappa shape index (κ2) is 14.1. The molecule has 0 aliphatic carbocycles. The van der Waals surface area contributed by atoms with E-state index in [4.69, 9.17) is 0 Å². The highest BCUT2D eigenvalue weighted by Crippen LogP contribution is 2.32. The van der Waals surface area contributed by atoms with Crippen LogP contribution in [0.5, 0.6) is 0 Å². The van der Waals surface area contributed by atoms with Crippen LogP contribution < -0.4 is 20.1 Å². The van der Waals surface area contributed by atoms with Crippen molar-refractivity contribution in [3.05, 3.63) is 5.36 Å². The van der Waals surface area contributed by atoms with Crippen LogP contribution in [-0.2, 0) is 0 Å². The van der Waals surface area contributed by atoms with Gasteiger partial charge in [-0.3, -0.25) is 9.48 Å². The Morgan fingerprint density at radius 3 is 1.44 bits per heavy atom. The molecular weight excluding hydrogens is 500 g/mol. The minimum absolute atomic E-state index is 0. The van der Waals surface area contributed by atoms with Gasteiger partial charge in [0.15, 0.2) is 5.69 Å². The molecule has 1 aromatic carbocycles. The van der Waals surface area contributed by atoms with Crippen molar-refractivity contribution in [3.8, 4) is 0 Å². The lowest BCUT2D eigenvalue weighted by molar-refractivity contribution is -0.486. The van der Waals surface area contributed by atoms with Crippen LogP contribution in [0.1, 0.15) is 55.4 Å². The topological polar surface area (TPSA) is 56.0 Å². The molecule has 0 radical (unpaired) electrons. The largest absolute Gasteiger partial charge is 0.673 e. The van der Waals surface area contributed by atoms with Crippen LogP contribution in [0.2, 0.25) is 0 Å². The van der Waals surface area contributed by atoms with E-state index in [1.165, 1.54) is 22.7 Å². The maximum atomic E-state index is 9.75. The number of hydrogen-bond donors (Lipinski definition) is 1. The summed E-state index contributed by atoms with van der Waals surface area (Å²) in [4.78, 5) is 4.86. The van der Waals surface area contributed by atoms with Gasteiger partial charge in [-0.2, -0.15) is 0 Å². The zero-order chi connectivity index (χ0) is 28.0. The van der Waals surface area contributed by atoms with Crippen molar-refractivity contribution >= 4 is 31.8 Å². The quantitative estimate of drug-likeness (QED) is 0.338. The fourth-order valence-corrected chi connectivity index (χ4v) is 4.12. The molecule has 0 aromatic heterocycles. The molecule has 1 heterocycles. The van der Waals surface area contributed by atoms with E-state index in [0.29, 0.717) is 24.2 Å². The van der Waals surface area contributed by atoms with Crippen LogP contribution in [0.15, 0.2) is 0 Å². The van der Waals surface area contributed by atoms with Crippen LogP contribution >= 0.6 is 0 Å². The third-order valence-electron chi connectivity index (χ3n) is 5.11. The first-order valence-corrected chi connectivity index (χ1v) is 11.6. The monoisotopic (exact) mass is 541 g/mol. The Bertz CT molecular complexity index is 818. The Morgan fingerprint density at radius 2 is 1.19 bits per heavy atom. The van der Waals surface area contributed by atoms with Crippen molar-refractivity contribution in [3.63, 3.8) is 0 Å². The molecule has 0 saturated heterocycles. The second-order valence-corrected chi connectivity index (χ2v) is 9.54. The molecule has 16 heteroatoms. The lowest BCUT2D eigenvalue weighted by Gasteiger charge is -2.28. The van der Waals surface area contributed by atoms with Crippen LogP contribution in [0.4, 0.5) is 45.9 Å². The zero-order valence-electron chi connectivity index (χ0n) is 22.7. The van der Waals surface area contributed by atoms with E-state index in [0.717, 1.165) is 13.1 Å². The first-order chi connectivity index (χ1) is 15.6. The Morgan fingerprint density at radius 1 is 0.833 bits per heavy atom. The van der Waals surface area contributed by atoms with Crippen LogP contribution in [0.3, 0.4) is 0 Å². The summed E-state index contributed by atoms with van der Waals surface area (Å²) >= 11 is 0. The Hall–Kier alpha value is -1.99. The molecule has 0 amide bonds. The normalized spacial score (nSPS) is 14.2. The van der Waals surface area contributed by atoms with E-state index in [9.17, 15) is 34.5 Å². The predicted molar refractivity (Wildman–Crippen MR) is 133 cm³/mol. The standard InChI is InChI=1S/C20H38N5.2BF4.H2O/c1-13(2)24(14(3)4)18-17(19(18)25(15(5)6)16(7)8)21-20-22(9)11-12-23(20)10;2*2-1(3,4)5;/h13-16H,11-12H2,1-10H3;;;1H2/q+1;2*-1;/p+1. The van der Waals surface area contributed by atoms with E-state index in [2.05, 4.69) is 93.8 Å². The number of nitrogens with zero attached hydrogens (tertiary/aromatic N) is 4. The number of nitrogens with one attached hydrogen (secondary N) is 1. The van der Waals surface area contributed by atoms with Gasteiger partial charge in [0, 0.05) is 12.1 Å². The number of rotatable bonds is 6. The maximum Gasteiger partial charge on any atom is 0.673 e. The lowest BCUT2D eigenvalue weighted by Crippen LogP contribution is -2.41. The summed E-state index contributed by atoms with van der Waals surface area (Å²) in [6, 6.07) is 1.92. The smallest absolute Gasteiger partial charge is 0.418 e. The Kier molecular flexibility index (Phi) is 14.1. The molecule has 214 valence electrons. The minimum Gasteiger partial charge on any atom is -0.418 e. The molecule has 0 saturated carbocycles. The van der Waals surface area contributed by atoms with E-state index >= 15 is 0 Å². The summed E-state index contributed by atoms with van der Waals surface area (Å²) in [7, 11) is -7.67. The van der Waals surface area contributed by atoms with Gasteiger partial charge in [0.05, 0.1) is 27.2 Å². The minimum atomic E-state index is -6.00. The van der Waals surface area contributed by atoms with Gasteiger partial charge in [0.25, 0.3) is 5.36 Å². The van der Waals surface area contributed by atoms with E-state index in [1.807, 2.05) is 0 Å². The van der Waals surface area contributed by atoms with Crippen molar-refractivity contribution in [1.29, 1.82) is 0 Å². The summed E-state index contributed by atoms with van der Waals surface area (Å²) in [5.41, 5.74) is 2.70. The molecule has 2 rings (SSSR count). The van der Waals surface area contributed by atoms with Gasteiger partial charge in [-0.05, 0) is 55.4 Å². The highest BCUT2D eigenvalue weighted by Gasteiger charge is 2.42. The Labute approximate surface area is 208 Å². The van der Waals surface area contributed by atoms with Crippen molar-refractivity contribution in [2.45, 2.75) is 79.6 Å². The molecule has 0 unspecified atom stereocenters. The van der Waals surface area contributed by atoms with E-state index < -0.39 is 14.5 Å². The second-order valence-electron chi connectivity index (χ2n) is 9.54. The number of likely N-dealkylation sites (N-methyl/N-ethyl adjacent to an activating group) is 2. The summed E-state index contributed by atoms with van der Waals surface area (Å²) in [5.74, 6) is 1.21. The van der Waals surface area contributed by atoms with Gasteiger partial charge in [-0.15, -0.1) is 0 Å². The van der Waals surface area contributed by atoms with E-state index in [1.54, 1.807) is 0 Å². The van der Waals surface area contributed by atoms with Crippen molar-refractivity contribution in [1.82, 2.24) is 9.48 Å². The van der Waals surface area contributed by atoms with Crippen LogP contribution in [0, 0.1) is 0 Å². The van der Waals surface area contributed by atoms with Gasteiger partial charge in [-0.1, -0.05) is 0 Å². The van der Waals surface area contributed by atoms with Crippen LogP contribution in [-0.4, -0.2) is 86.8 Å². The molecule has 36 heavy (non-hydrogen) atoms. The summed E-state index contributed by atoms with van der Waals surface area (Å²) in [6.45, 7) is 20.5. The first-order valence-electron chi connectivity index (χ1n) is 11.6. The fourth-order valence-electron chi connectivity index (χ4n) is 4.12. The third kappa shape index (κ3) is 12.8. The number of guanidine groups is 1. The highest BCUT2D eigenvalue weighted by atomic mass is 19.5. The highest BCUT2D eigenvalue weighted by molar-refractivity contribution is 6.50. The molecular formula is C20H41B2F8N5O. The number of halogens is 8. The molecule has 0 fully saturated rings. The SMILES string of the molecule is CC(C)N(c1c(NC2=[N+](C)CCN2C)c1=[N+](C(C)C)C(C)C)C(C)C.F[B-](F)(F)F.F[B-](F)(F)F.O. The summed E-state index contributed by atoms with van der Waals surface area (Å²) < 4.78 is 82.9. The average Bonchev–Trinajstić information content (AvgIpc) is 3.14. The fraction of sp³-hybridized carbons (Fsp3) is 0.800. The molecule has 0 bridgehead atoms. The summed E-state index contributed by atoms with van der Waals surface area (Å²) in [6.07, 6.45) is 0. The maximum absolute atomic E-state index is 9.75. The molecule has 6 nitrogen and oxygen atoms in total. The van der Waals surface area contributed by atoms with Gasteiger partial charge in [-0.25, -0.2) is 9.89 Å². The Balaban J connectivity index is 0. The number of hydrogen-bond acceptors (Lipinski definition) is 3. The summed E-state index contributed by atoms with van der Waals surface area (Å²) in [5, 5.41) is 5.16. The predicted octanol–water partition coefficient (Wildman–Crippen LogP) is 3.91. The van der Waals surface area contributed by atoms with Crippen molar-refractivity contribution in [2.75, 3.05) is 37.4 Å². The third-order valence-corrected chi connectivity index (χ3v) is 5.11. The molecule has 0 spiro atoms. The first kappa shape index (κ1) is 36.2. The van der Waals surface area contributed by atoms with Gasteiger partial charge in [0.1, 0.15) is 12.1 Å². The van der Waals surface area contributed by atoms with Crippen molar-refractivity contribution in [2.24, 2.45) is 0 Å². The lowest BCUT2D eigenvalue weighted by atomic mass is 10.2. The zero-order valence-corrected chi connectivity index (χ0v) is 22.7. The molecule has 1 aromatic rings. The average molecular weight is 541 g/mol. The van der Waals surface area contributed by atoms with Gasteiger partial charge in [0.2, 0.25) is 5.69 Å². The molecule has 0 atom stereocenters. The molecule has 1 aliphatic rings. The van der Waals surface area contributed by atoms with Crippen LogP contribution in [0.25, 0.3) is 0 Å². The van der Waals surface area contributed by atoms with E-state index in [-0.39, 0.29) is 5.48 Å². The number of anilines is 2. The van der Waals surface area contributed by atoms with Gasteiger partial charge >= 0.3 is 20.5 Å². The van der Waals surface area contributed by atoms with Crippen molar-refractivity contribution < 1.29 is 44.6 Å². The molecule has 1 aliphatic heterocycles. The van der Waals surface area contributed by atoms with Gasteiger partial charge < -0.3 is 44.9 Å². The molecule has 3 N–H and O–H groups in total.